The summed E-state index contributed by atoms with van der Waals surface area (Å²) in [5.41, 5.74) is 3.00. The van der Waals surface area contributed by atoms with E-state index in [-0.39, 0.29) is 11.7 Å². The molecule has 1 aliphatic rings. The van der Waals surface area contributed by atoms with Crippen molar-refractivity contribution in [2.24, 2.45) is 7.05 Å². The zero-order chi connectivity index (χ0) is 18.1. The predicted molar refractivity (Wildman–Crippen MR) is 99.6 cm³/mol. The van der Waals surface area contributed by atoms with Crippen LogP contribution < -0.4 is 4.90 Å². The number of anilines is 1. The fraction of sp³-hybridized carbons (Fsp3) is 0.211. The second-order valence-corrected chi connectivity index (χ2v) is 7.03. The van der Waals surface area contributed by atoms with Gasteiger partial charge < -0.3 is 9.47 Å². The minimum Gasteiger partial charge on any atom is -0.311 e. The predicted octanol–water partition coefficient (Wildman–Crippen LogP) is 3.30. The summed E-state index contributed by atoms with van der Waals surface area (Å²) in [7, 11) is 1.84. The number of nitrogens with zero attached hydrogens (tertiary/aromatic N) is 4. The van der Waals surface area contributed by atoms with E-state index in [4.69, 9.17) is 0 Å². The number of amides is 1. The third kappa shape index (κ3) is 3.10. The summed E-state index contributed by atoms with van der Waals surface area (Å²) in [6, 6.07) is 14.1. The maximum Gasteiger partial charge on any atom is 0.237 e. The molecule has 7 heteroatoms. The van der Waals surface area contributed by atoms with E-state index in [0.29, 0.717) is 16.7 Å². The maximum absolute atomic E-state index is 13.1. The molecule has 0 saturated carbocycles. The average Bonchev–Trinajstić information content (AvgIpc) is 3.24. The van der Waals surface area contributed by atoms with Gasteiger partial charge in [0.05, 0.1) is 5.75 Å². The molecule has 0 radical (unpaired) electrons. The van der Waals surface area contributed by atoms with Gasteiger partial charge in [0, 0.05) is 24.8 Å². The van der Waals surface area contributed by atoms with E-state index in [9.17, 15) is 9.18 Å². The highest BCUT2D eigenvalue weighted by atomic mass is 32.2. The third-order valence-electron chi connectivity index (χ3n) is 4.45. The van der Waals surface area contributed by atoms with E-state index in [2.05, 4.69) is 16.3 Å². The molecule has 132 valence electrons. The standard InChI is InChI=1S/C19H17FN4OS/c1-23-18(14-6-8-15(20)9-7-14)21-22-19(23)26-12-17(25)24-11-10-13-4-2-3-5-16(13)24/h2-9H,10-12H2,1H3. The molecule has 3 aromatic rings. The molecular weight excluding hydrogens is 351 g/mol. The van der Waals surface area contributed by atoms with Crippen LogP contribution in [0.15, 0.2) is 53.7 Å². The molecule has 5 nitrogen and oxygen atoms in total. The zero-order valence-corrected chi connectivity index (χ0v) is 15.0. The van der Waals surface area contributed by atoms with Gasteiger partial charge in [-0.3, -0.25) is 4.79 Å². The van der Waals surface area contributed by atoms with Gasteiger partial charge in [-0.2, -0.15) is 0 Å². The van der Waals surface area contributed by atoms with E-state index >= 15 is 0 Å². The average molecular weight is 368 g/mol. The molecule has 26 heavy (non-hydrogen) atoms. The lowest BCUT2D eigenvalue weighted by atomic mass is 10.2. The molecule has 1 aliphatic heterocycles. The van der Waals surface area contributed by atoms with E-state index in [1.54, 1.807) is 12.1 Å². The van der Waals surface area contributed by atoms with E-state index in [0.717, 1.165) is 24.2 Å². The number of hydrogen-bond donors (Lipinski definition) is 0. The number of aromatic nitrogens is 3. The highest BCUT2D eigenvalue weighted by molar-refractivity contribution is 7.99. The maximum atomic E-state index is 13.1. The van der Waals surface area contributed by atoms with Gasteiger partial charge in [-0.25, -0.2) is 4.39 Å². The van der Waals surface area contributed by atoms with Crippen LogP contribution in [-0.2, 0) is 18.3 Å². The van der Waals surface area contributed by atoms with Crippen LogP contribution in [0.3, 0.4) is 0 Å². The number of hydrogen-bond acceptors (Lipinski definition) is 4. The monoisotopic (exact) mass is 368 g/mol. The van der Waals surface area contributed by atoms with Gasteiger partial charge in [0.15, 0.2) is 11.0 Å². The van der Waals surface area contributed by atoms with Crippen LogP contribution in [0.25, 0.3) is 11.4 Å². The van der Waals surface area contributed by atoms with E-state index < -0.39 is 0 Å². The van der Waals surface area contributed by atoms with Crippen molar-refractivity contribution in [1.82, 2.24) is 14.8 Å². The Morgan fingerprint density at radius 3 is 2.73 bits per heavy atom. The number of fused-ring (bicyclic) bond motifs is 1. The lowest BCUT2D eigenvalue weighted by Crippen LogP contribution is -2.30. The first kappa shape index (κ1) is 16.8. The Morgan fingerprint density at radius 2 is 1.92 bits per heavy atom. The van der Waals surface area contributed by atoms with Crippen molar-refractivity contribution in [2.75, 3.05) is 17.2 Å². The van der Waals surface area contributed by atoms with Crippen molar-refractivity contribution < 1.29 is 9.18 Å². The highest BCUT2D eigenvalue weighted by Crippen LogP contribution is 2.29. The molecule has 2 heterocycles. The van der Waals surface area contributed by atoms with Gasteiger partial charge >= 0.3 is 0 Å². The summed E-state index contributed by atoms with van der Waals surface area (Å²) in [5.74, 6) is 0.712. The van der Waals surface area contributed by atoms with Crippen LogP contribution in [0.4, 0.5) is 10.1 Å². The molecule has 1 amide bonds. The molecule has 0 atom stereocenters. The molecule has 4 rings (SSSR count). The Balaban J connectivity index is 1.46. The number of para-hydroxylation sites is 1. The summed E-state index contributed by atoms with van der Waals surface area (Å²) < 4.78 is 14.9. The van der Waals surface area contributed by atoms with Crippen molar-refractivity contribution in [1.29, 1.82) is 0 Å². The molecule has 0 saturated heterocycles. The van der Waals surface area contributed by atoms with Gasteiger partial charge in [0.2, 0.25) is 5.91 Å². The SMILES string of the molecule is Cn1c(SCC(=O)N2CCc3ccccc32)nnc1-c1ccc(F)cc1. The Hall–Kier alpha value is -2.67. The largest absolute Gasteiger partial charge is 0.311 e. The van der Waals surface area contributed by atoms with Gasteiger partial charge in [-0.1, -0.05) is 30.0 Å². The lowest BCUT2D eigenvalue weighted by Gasteiger charge is -2.16. The Kier molecular flexibility index (Phi) is 4.46. The van der Waals surface area contributed by atoms with Gasteiger partial charge in [0.1, 0.15) is 5.82 Å². The summed E-state index contributed by atoms with van der Waals surface area (Å²) in [5, 5.41) is 9.00. The fourth-order valence-corrected chi connectivity index (χ4v) is 3.88. The minimum atomic E-state index is -0.290. The number of carbonyl (C=O) groups is 1. The molecular formula is C19H17FN4OS. The summed E-state index contributed by atoms with van der Waals surface area (Å²) in [4.78, 5) is 14.4. The number of halogens is 1. The third-order valence-corrected chi connectivity index (χ3v) is 5.46. The van der Waals surface area contributed by atoms with Crippen LogP contribution in [0, 0.1) is 5.82 Å². The topological polar surface area (TPSA) is 51.0 Å². The summed E-state index contributed by atoms with van der Waals surface area (Å²) in [6.45, 7) is 0.721. The molecule has 0 unspecified atom stereocenters. The van der Waals surface area contributed by atoms with Crippen LogP contribution in [0.5, 0.6) is 0 Å². The molecule has 0 spiro atoms. The lowest BCUT2D eigenvalue weighted by molar-refractivity contribution is -0.116. The molecule has 0 N–H and O–H groups in total. The van der Waals surface area contributed by atoms with Crippen molar-refractivity contribution in [2.45, 2.75) is 11.6 Å². The van der Waals surface area contributed by atoms with Crippen molar-refractivity contribution >= 4 is 23.4 Å². The van der Waals surface area contributed by atoms with Crippen molar-refractivity contribution in [3.8, 4) is 11.4 Å². The first-order valence-corrected chi connectivity index (χ1v) is 9.28. The van der Waals surface area contributed by atoms with Gasteiger partial charge in [-0.05, 0) is 42.3 Å². The zero-order valence-electron chi connectivity index (χ0n) is 14.2. The smallest absolute Gasteiger partial charge is 0.237 e. The van der Waals surface area contributed by atoms with Crippen LogP contribution in [0.1, 0.15) is 5.56 Å². The van der Waals surface area contributed by atoms with Crippen molar-refractivity contribution in [3.63, 3.8) is 0 Å². The first-order valence-electron chi connectivity index (χ1n) is 8.30. The quantitative estimate of drug-likeness (QED) is 0.663. The minimum absolute atomic E-state index is 0.0614. The van der Waals surface area contributed by atoms with E-state index in [1.165, 1.54) is 29.5 Å². The number of carbonyl (C=O) groups excluding carboxylic acids is 1. The number of benzene rings is 2. The van der Waals surface area contributed by atoms with Gasteiger partial charge in [-0.15, -0.1) is 10.2 Å². The summed E-state index contributed by atoms with van der Waals surface area (Å²) >= 11 is 1.36. The number of thioether (sulfide) groups is 1. The fourth-order valence-electron chi connectivity index (χ4n) is 3.09. The Morgan fingerprint density at radius 1 is 1.15 bits per heavy atom. The second-order valence-electron chi connectivity index (χ2n) is 6.08. The van der Waals surface area contributed by atoms with Crippen LogP contribution >= 0.6 is 11.8 Å². The molecule has 0 fully saturated rings. The Bertz CT molecular complexity index is 954. The summed E-state index contributed by atoms with van der Waals surface area (Å²) in [6.07, 6.45) is 0.894. The Labute approximate surface area is 154 Å². The van der Waals surface area contributed by atoms with Crippen LogP contribution in [0.2, 0.25) is 0 Å². The normalized spacial score (nSPS) is 13.1. The van der Waals surface area contributed by atoms with E-state index in [1.807, 2.05) is 34.7 Å². The molecule has 0 aliphatic carbocycles. The number of rotatable bonds is 4. The van der Waals surface area contributed by atoms with Crippen LogP contribution in [-0.4, -0.2) is 33.0 Å². The van der Waals surface area contributed by atoms with Crippen molar-refractivity contribution in [3.05, 3.63) is 59.9 Å². The molecule has 0 bridgehead atoms. The first-order chi connectivity index (χ1) is 12.6. The van der Waals surface area contributed by atoms with Gasteiger partial charge in [0.25, 0.3) is 0 Å². The highest BCUT2D eigenvalue weighted by Gasteiger charge is 2.24. The second kappa shape index (κ2) is 6.92. The molecule has 2 aromatic carbocycles. The molecule has 1 aromatic heterocycles.